The summed E-state index contributed by atoms with van der Waals surface area (Å²) in [6.45, 7) is 2.51. The third kappa shape index (κ3) is 3.92. The Morgan fingerprint density at radius 2 is 1.20 bits per heavy atom. The summed E-state index contributed by atoms with van der Waals surface area (Å²) in [5, 5.41) is 0.765. The van der Waals surface area contributed by atoms with Crippen LogP contribution in [0.2, 0.25) is 0 Å². The Morgan fingerprint density at radius 1 is 0.760 bits per heavy atom. The summed E-state index contributed by atoms with van der Waals surface area (Å²) >= 11 is 0. The van der Waals surface area contributed by atoms with Crippen LogP contribution in [-0.4, -0.2) is 6.61 Å². The fourth-order valence-corrected chi connectivity index (χ4v) is 5.78. The summed E-state index contributed by atoms with van der Waals surface area (Å²) in [7, 11) is -3.14. The van der Waals surface area contributed by atoms with Crippen molar-refractivity contribution in [1.82, 2.24) is 0 Å². The van der Waals surface area contributed by atoms with Gasteiger partial charge in [-0.1, -0.05) is 85.8 Å². The molecule has 0 radical (unpaired) electrons. The average molecular weight is 350 g/mol. The molecule has 0 amide bonds. The number of hydrogen-bond donors (Lipinski definition) is 0. The van der Waals surface area contributed by atoms with Crippen molar-refractivity contribution in [3.05, 3.63) is 102 Å². The first kappa shape index (κ1) is 17.7. The smallest absolute Gasteiger partial charge is 0.243 e. The Labute approximate surface area is 149 Å². The lowest BCUT2D eigenvalue weighted by Crippen LogP contribution is -2.16. The minimum atomic E-state index is -3.14. The van der Waals surface area contributed by atoms with Crippen LogP contribution in [0.3, 0.4) is 0 Å². The van der Waals surface area contributed by atoms with Gasteiger partial charge in [0.05, 0.1) is 12.3 Å². The topological polar surface area (TPSA) is 26.3 Å². The summed E-state index contributed by atoms with van der Waals surface area (Å²) in [4.78, 5) is 0. The van der Waals surface area contributed by atoms with Crippen molar-refractivity contribution in [1.29, 1.82) is 0 Å². The molecular weight excluding hydrogens is 327 g/mol. The highest BCUT2D eigenvalue weighted by molar-refractivity contribution is 7.67. The fraction of sp³-hybridized carbons (Fsp3) is 0.182. The molecule has 0 fully saturated rings. The maximum absolute atomic E-state index is 14.3. The summed E-state index contributed by atoms with van der Waals surface area (Å²) in [5.74, 6) is 0. The molecule has 0 aromatic heterocycles. The van der Waals surface area contributed by atoms with Crippen molar-refractivity contribution in [2.24, 2.45) is 0 Å². The van der Waals surface area contributed by atoms with E-state index in [9.17, 15) is 4.57 Å². The molecule has 1 atom stereocenters. The van der Waals surface area contributed by atoms with Crippen LogP contribution in [-0.2, 0) is 9.09 Å². The van der Waals surface area contributed by atoms with Crippen LogP contribution < -0.4 is 5.30 Å². The van der Waals surface area contributed by atoms with E-state index in [2.05, 4.69) is 0 Å². The maximum atomic E-state index is 14.3. The highest BCUT2D eigenvalue weighted by Gasteiger charge is 2.38. The zero-order chi connectivity index (χ0) is 17.5. The molecule has 3 aromatic carbocycles. The molecule has 3 aromatic rings. The van der Waals surface area contributed by atoms with Crippen LogP contribution in [0.4, 0.5) is 0 Å². The molecule has 0 aliphatic rings. The molecular formula is C22H23O2P. The molecule has 0 spiro atoms. The lowest BCUT2D eigenvalue weighted by molar-refractivity contribution is 0.316. The van der Waals surface area contributed by atoms with E-state index >= 15 is 0 Å². The van der Waals surface area contributed by atoms with Gasteiger partial charge in [0.25, 0.3) is 0 Å². The van der Waals surface area contributed by atoms with Crippen molar-refractivity contribution in [2.75, 3.05) is 6.61 Å². The van der Waals surface area contributed by atoms with E-state index in [1.54, 1.807) is 0 Å². The lowest BCUT2D eigenvalue weighted by atomic mass is 10.0. The van der Waals surface area contributed by atoms with Crippen molar-refractivity contribution >= 4 is 12.7 Å². The molecule has 0 aliphatic heterocycles. The molecule has 1 unspecified atom stereocenters. The largest absolute Gasteiger partial charge is 0.325 e. The number of hydrogen-bond acceptors (Lipinski definition) is 2. The Bertz CT molecular complexity index is 777. The second kappa shape index (κ2) is 8.29. The zero-order valence-corrected chi connectivity index (χ0v) is 15.3. The average Bonchev–Trinajstić information content (AvgIpc) is 2.69. The highest BCUT2D eigenvalue weighted by atomic mass is 31.2. The summed E-state index contributed by atoms with van der Waals surface area (Å²) in [6.07, 6.45) is 0.827. The highest BCUT2D eigenvalue weighted by Crippen LogP contribution is 2.61. The van der Waals surface area contributed by atoms with Crippen LogP contribution in [0, 0.1) is 0 Å². The van der Waals surface area contributed by atoms with E-state index in [1.165, 1.54) is 0 Å². The Hall–Kier alpha value is -2.15. The van der Waals surface area contributed by atoms with Gasteiger partial charge in [0.1, 0.15) is 0 Å². The molecule has 0 N–H and O–H groups in total. The first-order valence-corrected chi connectivity index (χ1v) is 10.3. The molecule has 3 heteroatoms. The molecule has 0 aliphatic carbocycles. The van der Waals surface area contributed by atoms with Crippen molar-refractivity contribution in [2.45, 2.75) is 19.0 Å². The molecule has 25 heavy (non-hydrogen) atoms. The molecule has 0 saturated heterocycles. The second-order valence-corrected chi connectivity index (χ2v) is 8.47. The van der Waals surface area contributed by atoms with Gasteiger partial charge in [0.15, 0.2) is 0 Å². The maximum Gasteiger partial charge on any atom is 0.243 e. The third-order valence-electron chi connectivity index (χ3n) is 4.17. The van der Waals surface area contributed by atoms with Crippen LogP contribution in [0.15, 0.2) is 91.0 Å². The van der Waals surface area contributed by atoms with E-state index in [1.807, 2.05) is 97.9 Å². The molecule has 0 heterocycles. The first-order valence-electron chi connectivity index (χ1n) is 8.65. The minimum absolute atomic E-state index is 0.316. The molecule has 0 bridgehead atoms. The van der Waals surface area contributed by atoms with Gasteiger partial charge in [-0.3, -0.25) is 4.57 Å². The Morgan fingerprint density at radius 3 is 1.64 bits per heavy atom. The molecule has 0 saturated carbocycles. The monoisotopic (exact) mass is 350 g/mol. The van der Waals surface area contributed by atoms with Gasteiger partial charge in [-0.05, 0) is 29.7 Å². The minimum Gasteiger partial charge on any atom is -0.325 e. The summed E-state index contributed by atoms with van der Waals surface area (Å²) in [5.41, 5.74) is 1.71. The summed E-state index contributed by atoms with van der Waals surface area (Å²) < 4.78 is 20.3. The van der Waals surface area contributed by atoms with Gasteiger partial charge in [0.2, 0.25) is 7.37 Å². The number of rotatable bonds is 7. The predicted octanol–water partition coefficient (Wildman–Crippen LogP) is 5.81. The third-order valence-corrected chi connectivity index (χ3v) is 7.03. The van der Waals surface area contributed by atoms with E-state index in [0.29, 0.717) is 6.61 Å². The fourth-order valence-electron chi connectivity index (χ4n) is 3.02. The molecule has 128 valence electrons. The van der Waals surface area contributed by atoms with E-state index < -0.39 is 7.37 Å². The summed E-state index contributed by atoms with van der Waals surface area (Å²) in [6, 6.07) is 29.6. The van der Waals surface area contributed by atoms with Crippen LogP contribution in [0.25, 0.3) is 0 Å². The SMILES string of the molecule is CCCOP(=O)(c1ccccc1)C(c1ccccc1)c1ccccc1. The van der Waals surface area contributed by atoms with Crippen molar-refractivity contribution in [3.8, 4) is 0 Å². The van der Waals surface area contributed by atoms with Gasteiger partial charge in [-0.15, -0.1) is 0 Å². The Kier molecular flexibility index (Phi) is 5.86. The van der Waals surface area contributed by atoms with E-state index in [0.717, 1.165) is 22.9 Å². The molecule has 2 nitrogen and oxygen atoms in total. The second-order valence-electron chi connectivity index (χ2n) is 5.99. The predicted molar refractivity (Wildman–Crippen MR) is 105 cm³/mol. The quantitative estimate of drug-likeness (QED) is 0.503. The van der Waals surface area contributed by atoms with Gasteiger partial charge in [-0.2, -0.15) is 0 Å². The van der Waals surface area contributed by atoms with E-state index in [-0.39, 0.29) is 5.66 Å². The van der Waals surface area contributed by atoms with E-state index in [4.69, 9.17) is 4.52 Å². The first-order chi connectivity index (χ1) is 12.3. The molecule has 3 rings (SSSR count). The van der Waals surface area contributed by atoms with Crippen LogP contribution in [0.5, 0.6) is 0 Å². The Balaban J connectivity index is 2.18. The van der Waals surface area contributed by atoms with Crippen molar-refractivity contribution < 1.29 is 9.09 Å². The lowest BCUT2D eigenvalue weighted by Gasteiger charge is -2.29. The zero-order valence-electron chi connectivity index (χ0n) is 14.4. The number of benzene rings is 3. The van der Waals surface area contributed by atoms with Gasteiger partial charge >= 0.3 is 0 Å². The van der Waals surface area contributed by atoms with Gasteiger partial charge in [0, 0.05) is 5.30 Å². The van der Waals surface area contributed by atoms with Crippen LogP contribution in [0.1, 0.15) is 30.1 Å². The normalized spacial score (nSPS) is 13.5. The van der Waals surface area contributed by atoms with Crippen LogP contribution >= 0.6 is 7.37 Å². The van der Waals surface area contributed by atoms with Crippen molar-refractivity contribution in [3.63, 3.8) is 0 Å². The van der Waals surface area contributed by atoms with Gasteiger partial charge < -0.3 is 4.52 Å². The standard InChI is InChI=1S/C22H23O2P/c1-2-18-24-25(23,21-16-10-5-11-17-21)22(19-12-6-3-7-13-19)20-14-8-4-9-15-20/h3-17,22H,2,18H2,1H3. The van der Waals surface area contributed by atoms with Gasteiger partial charge in [-0.25, -0.2) is 0 Å².